The molecule has 4 nitrogen and oxygen atoms in total. The third-order valence-corrected chi connectivity index (χ3v) is 3.02. The summed E-state index contributed by atoms with van der Waals surface area (Å²) in [5.74, 6) is 2.51. The maximum absolute atomic E-state index is 5.67. The van der Waals surface area contributed by atoms with Crippen LogP contribution in [0.5, 0.6) is 17.2 Å². The Morgan fingerprint density at radius 3 is 2.19 bits per heavy atom. The third-order valence-electron chi connectivity index (χ3n) is 3.02. The van der Waals surface area contributed by atoms with Gasteiger partial charge in [-0.25, -0.2) is 0 Å². The fraction of sp³-hybridized carbons (Fsp3) is 0.294. The van der Waals surface area contributed by atoms with Crippen molar-refractivity contribution in [3.8, 4) is 17.2 Å². The van der Waals surface area contributed by atoms with Crippen molar-refractivity contribution in [2.75, 3.05) is 20.3 Å². The van der Waals surface area contributed by atoms with E-state index in [0.29, 0.717) is 19.8 Å². The normalized spacial score (nSPS) is 10.2. The second-order valence-electron chi connectivity index (χ2n) is 4.58. The van der Waals surface area contributed by atoms with Crippen molar-refractivity contribution in [1.82, 2.24) is 0 Å². The summed E-state index contributed by atoms with van der Waals surface area (Å²) in [6, 6.07) is 15.4. The van der Waals surface area contributed by atoms with E-state index >= 15 is 0 Å². The number of ether oxygens (including phenoxy) is 3. The first-order chi connectivity index (χ1) is 10.3. The number of hydrogen-bond acceptors (Lipinski definition) is 4. The van der Waals surface area contributed by atoms with E-state index in [9.17, 15) is 0 Å². The third kappa shape index (κ3) is 5.00. The number of nitrogens with two attached hydrogens (primary N) is 1. The number of hydrogen-bond donors (Lipinski definition) is 1. The zero-order valence-corrected chi connectivity index (χ0v) is 12.2. The summed E-state index contributed by atoms with van der Waals surface area (Å²) in [5, 5.41) is 0. The highest BCUT2D eigenvalue weighted by molar-refractivity contribution is 5.31. The van der Waals surface area contributed by atoms with E-state index in [1.54, 1.807) is 7.11 Å². The van der Waals surface area contributed by atoms with Crippen molar-refractivity contribution in [3.05, 3.63) is 54.1 Å². The molecule has 0 fully saturated rings. The first kappa shape index (κ1) is 15.2. The molecular weight excluding hydrogens is 266 g/mol. The Labute approximate surface area is 125 Å². The van der Waals surface area contributed by atoms with E-state index in [1.807, 2.05) is 48.5 Å². The van der Waals surface area contributed by atoms with Gasteiger partial charge in [-0.15, -0.1) is 0 Å². The average Bonchev–Trinajstić information content (AvgIpc) is 2.55. The topological polar surface area (TPSA) is 53.7 Å². The van der Waals surface area contributed by atoms with Gasteiger partial charge in [0.1, 0.15) is 17.2 Å². The van der Waals surface area contributed by atoms with Crippen LogP contribution < -0.4 is 19.9 Å². The fourth-order valence-corrected chi connectivity index (χ4v) is 1.87. The van der Waals surface area contributed by atoms with Gasteiger partial charge in [-0.05, 0) is 42.0 Å². The van der Waals surface area contributed by atoms with Crippen LogP contribution in [0.4, 0.5) is 0 Å². The molecule has 0 aliphatic heterocycles. The molecule has 4 heteroatoms. The van der Waals surface area contributed by atoms with Gasteiger partial charge >= 0.3 is 0 Å². The van der Waals surface area contributed by atoms with E-state index in [0.717, 1.165) is 29.2 Å². The van der Waals surface area contributed by atoms with Crippen LogP contribution in [0.1, 0.15) is 12.0 Å². The minimum Gasteiger partial charge on any atom is -0.497 e. The van der Waals surface area contributed by atoms with Crippen LogP contribution in [0.3, 0.4) is 0 Å². The quantitative estimate of drug-likeness (QED) is 0.758. The van der Waals surface area contributed by atoms with Crippen LogP contribution in [0.25, 0.3) is 0 Å². The van der Waals surface area contributed by atoms with E-state index in [-0.39, 0.29) is 0 Å². The van der Waals surface area contributed by atoms with Gasteiger partial charge < -0.3 is 19.9 Å². The first-order valence-corrected chi connectivity index (χ1v) is 7.00. The molecule has 0 aliphatic carbocycles. The Kier molecular flexibility index (Phi) is 5.91. The average molecular weight is 287 g/mol. The molecule has 0 aliphatic rings. The van der Waals surface area contributed by atoms with Gasteiger partial charge in [-0.2, -0.15) is 0 Å². The van der Waals surface area contributed by atoms with E-state index < -0.39 is 0 Å². The van der Waals surface area contributed by atoms with Crippen molar-refractivity contribution in [3.63, 3.8) is 0 Å². The molecule has 2 aromatic rings. The summed E-state index contributed by atoms with van der Waals surface area (Å²) in [6.45, 7) is 1.75. The SMILES string of the molecule is COc1ccc(OCCCOc2cccc(CN)c2)cc1. The predicted molar refractivity (Wildman–Crippen MR) is 82.9 cm³/mol. The predicted octanol–water partition coefficient (Wildman–Crippen LogP) is 3.00. The highest BCUT2D eigenvalue weighted by Gasteiger charge is 1.98. The van der Waals surface area contributed by atoms with Crippen molar-refractivity contribution in [2.45, 2.75) is 13.0 Å². The lowest BCUT2D eigenvalue weighted by molar-refractivity contribution is 0.247. The van der Waals surface area contributed by atoms with Crippen molar-refractivity contribution in [2.24, 2.45) is 5.73 Å². The second-order valence-corrected chi connectivity index (χ2v) is 4.58. The molecule has 0 saturated carbocycles. The van der Waals surface area contributed by atoms with Gasteiger partial charge in [0, 0.05) is 13.0 Å². The summed E-state index contributed by atoms with van der Waals surface area (Å²) in [5.41, 5.74) is 6.67. The fourth-order valence-electron chi connectivity index (χ4n) is 1.87. The summed E-state index contributed by atoms with van der Waals surface area (Å²) < 4.78 is 16.4. The first-order valence-electron chi connectivity index (χ1n) is 7.00. The van der Waals surface area contributed by atoms with Crippen molar-refractivity contribution < 1.29 is 14.2 Å². The standard InChI is InChI=1S/C17H21NO3/c1-19-15-6-8-16(9-7-15)20-10-3-11-21-17-5-2-4-14(12-17)13-18/h2,4-9,12H,3,10-11,13,18H2,1H3. The van der Waals surface area contributed by atoms with Crippen LogP contribution in [-0.4, -0.2) is 20.3 Å². The lowest BCUT2D eigenvalue weighted by atomic mass is 10.2. The Balaban J connectivity index is 1.67. The highest BCUT2D eigenvalue weighted by atomic mass is 16.5. The second kappa shape index (κ2) is 8.17. The summed E-state index contributed by atoms with van der Waals surface area (Å²) in [7, 11) is 1.65. The molecule has 2 N–H and O–H groups in total. The molecule has 0 atom stereocenters. The van der Waals surface area contributed by atoms with Crippen LogP contribution in [0, 0.1) is 0 Å². The summed E-state index contributed by atoms with van der Waals surface area (Å²) >= 11 is 0. The van der Waals surface area contributed by atoms with Crippen LogP contribution in [0.2, 0.25) is 0 Å². The van der Waals surface area contributed by atoms with E-state index in [2.05, 4.69) is 0 Å². The molecule has 2 rings (SSSR count). The highest BCUT2D eigenvalue weighted by Crippen LogP contribution is 2.17. The Hall–Kier alpha value is -2.20. The summed E-state index contributed by atoms with van der Waals surface area (Å²) in [6.07, 6.45) is 0.818. The van der Waals surface area contributed by atoms with Crippen LogP contribution in [-0.2, 0) is 6.54 Å². The zero-order chi connectivity index (χ0) is 14.9. The number of rotatable bonds is 8. The van der Waals surface area contributed by atoms with Gasteiger partial charge in [-0.1, -0.05) is 12.1 Å². The zero-order valence-electron chi connectivity index (χ0n) is 12.2. The van der Waals surface area contributed by atoms with Crippen molar-refractivity contribution >= 4 is 0 Å². The monoisotopic (exact) mass is 287 g/mol. The summed E-state index contributed by atoms with van der Waals surface area (Å²) in [4.78, 5) is 0. The maximum atomic E-state index is 5.67. The lowest BCUT2D eigenvalue weighted by Gasteiger charge is -2.09. The Morgan fingerprint density at radius 2 is 1.52 bits per heavy atom. The molecule has 0 radical (unpaired) electrons. The molecule has 0 spiro atoms. The minimum absolute atomic E-state index is 0.526. The Bertz CT molecular complexity index is 540. The molecular formula is C17H21NO3. The molecule has 112 valence electrons. The molecule has 0 aromatic heterocycles. The van der Waals surface area contributed by atoms with E-state index in [4.69, 9.17) is 19.9 Å². The van der Waals surface area contributed by atoms with Crippen molar-refractivity contribution in [1.29, 1.82) is 0 Å². The molecule has 0 amide bonds. The largest absolute Gasteiger partial charge is 0.497 e. The molecule has 2 aromatic carbocycles. The molecule has 0 saturated heterocycles. The number of methoxy groups -OCH3 is 1. The molecule has 21 heavy (non-hydrogen) atoms. The van der Waals surface area contributed by atoms with E-state index in [1.165, 1.54) is 0 Å². The minimum atomic E-state index is 0.526. The molecule has 0 bridgehead atoms. The molecule has 0 unspecified atom stereocenters. The van der Waals surface area contributed by atoms with Gasteiger partial charge in [0.2, 0.25) is 0 Å². The smallest absolute Gasteiger partial charge is 0.119 e. The maximum Gasteiger partial charge on any atom is 0.119 e. The molecule has 0 heterocycles. The van der Waals surface area contributed by atoms with Crippen LogP contribution in [0.15, 0.2) is 48.5 Å². The van der Waals surface area contributed by atoms with Gasteiger partial charge in [-0.3, -0.25) is 0 Å². The van der Waals surface area contributed by atoms with Gasteiger partial charge in [0.05, 0.1) is 20.3 Å². The number of benzene rings is 2. The Morgan fingerprint density at radius 1 is 0.857 bits per heavy atom. The van der Waals surface area contributed by atoms with Gasteiger partial charge in [0.15, 0.2) is 0 Å². The van der Waals surface area contributed by atoms with Gasteiger partial charge in [0.25, 0.3) is 0 Å². The van der Waals surface area contributed by atoms with Crippen LogP contribution >= 0.6 is 0 Å². The lowest BCUT2D eigenvalue weighted by Crippen LogP contribution is -2.05.